The molecule has 0 aliphatic carbocycles. The van der Waals surface area contributed by atoms with E-state index in [9.17, 15) is 12.8 Å². The molecular formula is C12H18FNO3S. The van der Waals surface area contributed by atoms with Gasteiger partial charge < -0.3 is 10.5 Å². The lowest BCUT2D eigenvalue weighted by molar-refractivity contribution is 0.217. The van der Waals surface area contributed by atoms with Gasteiger partial charge in [-0.05, 0) is 24.1 Å². The molecule has 1 atom stereocenters. The van der Waals surface area contributed by atoms with E-state index in [-0.39, 0.29) is 17.3 Å². The molecule has 0 fully saturated rings. The summed E-state index contributed by atoms with van der Waals surface area (Å²) in [5.74, 6) is -0.0488. The largest absolute Gasteiger partial charge is 0.384 e. The molecule has 1 aromatic rings. The second-order valence-electron chi connectivity index (χ2n) is 4.07. The Morgan fingerprint density at radius 1 is 1.33 bits per heavy atom. The third-order valence-corrected chi connectivity index (χ3v) is 4.23. The SMILES string of the molecule is COCCS(=O)(=O)c1ccc(C[C@H](N)CF)cc1. The molecule has 0 unspecified atom stereocenters. The van der Waals surface area contributed by atoms with E-state index in [2.05, 4.69) is 0 Å². The van der Waals surface area contributed by atoms with Gasteiger partial charge in [0.05, 0.1) is 17.3 Å². The number of sulfone groups is 1. The fourth-order valence-corrected chi connectivity index (χ4v) is 2.67. The number of rotatable bonds is 7. The first-order valence-electron chi connectivity index (χ1n) is 5.62. The van der Waals surface area contributed by atoms with Crippen LogP contribution in [0, 0.1) is 0 Å². The van der Waals surface area contributed by atoms with Gasteiger partial charge in [0.2, 0.25) is 0 Å². The van der Waals surface area contributed by atoms with Gasteiger partial charge in [0.1, 0.15) is 6.67 Å². The Balaban J connectivity index is 2.76. The Bertz CT molecular complexity index is 459. The third kappa shape index (κ3) is 4.36. The minimum absolute atomic E-state index is 0.0488. The molecule has 0 aromatic heterocycles. The van der Waals surface area contributed by atoms with Crippen LogP contribution in [0.25, 0.3) is 0 Å². The molecule has 1 rings (SSSR count). The molecule has 0 aliphatic heterocycles. The van der Waals surface area contributed by atoms with Crippen LogP contribution in [0.1, 0.15) is 5.56 Å². The summed E-state index contributed by atoms with van der Waals surface area (Å²) in [6.07, 6.45) is 0.398. The molecule has 6 heteroatoms. The summed E-state index contributed by atoms with van der Waals surface area (Å²) in [4.78, 5) is 0.247. The van der Waals surface area contributed by atoms with Crippen molar-refractivity contribution in [3.05, 3.63) is 29.8 Å². The molecule has 2 N–H and O–H groups in total. The van der Waals surface area contributed by atoms with E-state index in [0.717, 1.165) is 5.56 Å². The van der Waals surface area contributed by atoms with E-state index < -0.39 is 22.6 Å². The number of halogens is 1. The molecule has 0 saturated heterocycles. The van der Waals surface area contributed by atoms with Crippen molar-refractivity contribution in [3.63, 3.8) is 0 Å². The number of ether oxygens (including phenoxy) is 1. The Kier molecular flexibility index (Phi) is 5.71. The van der Waals surface area contributed by atoms with Gasteiger partial charge in [0, 0.05) is 13.2 Å². The summed E-state index contributed by atoms with van der Waals surface area (Å²) in [6, 6.07) is 5.82. The van der Waals surface area contributed by atoms with Gasteiger partial charge in [-0.2, -0.15) is 0 Å². The predicted molar refractivity (Wildman–Crippen MR) is 68.0 cm³/mol. The van der Waals surface area contributed by atoms with E-state index in [4.69, 9.17) is 10.5 Å². The molecule has 18 heavy (non-hydrogen) atoms. The van der Waals surface area contributed by atoms with E-state index in [0.29, 0.717) is 6.42 Å². The van der Waals surface area contributed by atoms with Crippen LogP contribution in [0.5, 0.6) is 0 Å². The van der Waals surface area contributed by atoms with Gasteiger partial charge in [-0.15, -0.1) is 0 Å². The number of methoxy groups -OCH3 is 1. The first kappa shape index (κ1) is 15.1. The van der Waals surface area contributed by atoms with Crippen molar-refractivity contribution in [2.24, 2.45) is 5.73 Å². The molecule has 0 aliphatic rings. The molecule has 4 nitrogen and oxygen atoms in total. The second-order valence-corrected chi connectivity index (χ2v) is 6.18. The van der Waals surface area contributed by atoms with Crippen LogP contribution in [0.4, 0.5) is 4.39 Å². The maximum absolute atomic E-state index is 12.2. The molecule has 0 amide bonds. The van der Waals surface area contributed by atoms with Crippen molar-refractivity contribution < 1.29 is 17.5 Å². The first-order valence-corrected chi connectivity index (χ1v) is 7.27. The zero-order valence-corrected chi connectivity index (χ0v) is 11.1. The van der Waals surface area contributed by atoms with Gasteiger partial charge >= 0.3 is 0 Å². The summed E-state index contributed by atoms with van der Waals surface area (Å²) in [7, 11) is -1.85. The van der Waals surface area contributed by atoms with Gasteiger partial charge in [0.25, 0.3) is 0 Å². The van der Waals surface area contributed by atoms with Crippen LogP contribution in [0.2, 0.25) is 0 Å². The van der Waals surface area contributed by atoms with Gasteiger partial charge in [0.15, 0.2) is 9.84 Å². The average molecular weight is 275 g/mol. The Morgan fingerprint density at radius 3 is 2.44 bits per heavy atom. The number of alkyl halides is 1. The van der Waals surface area contributed by atoms with Crippen molar-refractivity contribution >= 4 is 9.84 Å². The summed E-state index contributed by atoms with van der Waals surface area (Å²) in [5, 5.41) is 0. The molecule has 0 radical (unpaired) electrons. The van der Waals surface area contributed by atoms with Crippen LogP contribution in [0.3, 0.4) is 0 Å². The van der Waals surface area contributed by atoms with E-state index in [1.54, 1.807) is 12.1 Å². The summed E-state index contributed by atoms with van der Waals surface area (Å²) < 4.78 is 40.6. The summed E-state index contributed by atoms with van der Waals surface area (Å²) in [6.45, 7) is -0.426. The maximum atomic E-state index is 12.2. The van der Waals surface area contributed by atoms with Gasteiger partial charge in [-0.3, -0.25) is 0 Å². The van der Waals surface area contributed by atoms with Crippen LogP contribution in [0.15, 0.2) is 29.2 Å². The minimum Gasteiger partial charge on any atom is -0.384 e. The smallest absolute Gasteiger partial charge is 0.180 e. The van der Waals surface area contributed by atoms with Crippen molar-refractivity contribution in [1.29, 1.82) is 0 Å². The van der Waals surface area contributed by atoms with E-state index >= 15 is 0 Å². The molecule has 1 aromatic carbocycles. The quantitative estimate of drug-likeness (QED) is 0.804. The van der Waals surface area contributed by atoms with E-state index in [1.807, 2.05) is 0 Å². The maximum Gasteiger partial charge on any atom is 0.180 e. The van der Waals surface area contributed by atoms with Gasteiger partial charge in [-0.25, -0.2) is 12.8 Å². The van der Waals surface area contributed by atoms with Crippen molar-refractivity contribution in [2.75, 3.05) is 26.1 Å². The van der Waals surface area contributed by atoms with Gasteiger partial charge in [-0.1, -0.05) is 12.1 Å². The molecule has 0 bridgehead atoms. The Labute approximate surface area is 107 Å². The average Bonchev–Trinajstić information content (AvgIpc) is 2.37. The fraction of sp³-hybridized carbons (Fsp3) is 0.500. The lowest BCUT2D eigenvalue weighted by Crippen LogP contribution is -2.24. The predicted octanol–water partition coefficient (Wildman–Crippen LogP) is 0.946. The number of hydrogen-bond donors (Lipinski definition) is 1. The highest BCUT2D eigenvalue weighted by Crippen LogP contribution is 2.13. The number of nitrogens with two attached hydrogens (primary N) is 1. The van der Waals surface area contributed by atoms with Crippen LogP contribution < -0.4 is 5.73 Å². The third-order valence-electron chi connectivity index (χ3n) is 2.53. The second kappa shape index (κ2) is 6.82. The highest BCUT2D eigenvalue weighted by atomic mass is 32.2. The Morgan fingerprint density at radius 2 is 1.94 bits per heavy atom. The highest BCUT2D eigenvalue weighted by molar-refractivity contribution is 7.91. The highest BCUT2D eigenvalue weighted by Gasteiger charge is 2.14. The van der Waals surface area contributed by atoms with Crippen LogP contribution in [-0.2, 0) is 21.0 Å². The standard InChI is InChI=1S/C12H18FNO3S/c1-17-6-7-18(15,16)12-4-2-10(3-5-12)8-11(14)9-13/h2-5,11H,6-9,14H2,1H3/t11-/m0/s1. The monoisotopic (exact) mass is 275 g/mol. The lowest BCUT2D eigenvalue weighted by Gasteiger charge is -2.08. The zero-order chi connectivity index (χ0) is 13.6. The van der Waals surface area contributed by atoms with Crippen molar-refractivity contribution in [1.82, 2.24) is 0 Å². The Hall–Kier alpha value is -0.980. The van der Waals surface area contributed by atoms with Crippen LogP contribution in [-0.4, -0.2) is 40.6 Å². The molecule has 0 spiro atoms. The minimum atomic E-state index is -3.30. The molecule has 0 heterocycles. The molecular weight excluding hydrogens is 257 g/mol. The molecule has 102 valence electrons. The van der Waals surface area contributed by atoms with Crippen LogP contribution >= 0.6 is 0 Å². The summed E-state index contributed by atoms with van der Waals surface area (Å²) >= 11 is 0. The topological polar surface area (TPSA) is 69.4 Å². The van der Waals surface area contributed by atoms with E-state index in [1.165, 1.54) is 19.2 Å². The number of hydrogen-bond acceptors (Lipinski definition) is 4. The fourth-order valence-electron chi connectivity index (χ4n) is 1.50. The lowest BCUT2D eigenvalue weighted by atomic mass is 10.1. The molecule has 0 saturated carbocycles. The number of benzene rings is 1. The van der Waals surface area contributed by atoms with Crippen molar-refractivity contribution in [2.45, 2.75) is 17.4 Å². The first-order chi connectivity index (χ1) is 8.49. The summed E-state index contributed by atoms with van der Waals surface area (Å²) in [5.41, 5.74) is 6.31. The van der Waals surface area contributed by atoms with Crippen molar-refractivity contribution in [3.8, 4) is 0 Å². The zero-order valence-electron chi connectivity index (χ0n) is 10.3. The normalized spacial score (nSPS) is 13.5.